The molecule has 2 atom stereocenters. The second kappa shape index (κ2) is 8.20. The van der Waals surface area contributed by atoms with Gasteiger partial charge >= 0.3 is 0 Å². The number of benzene rings is 1. The highest BCUT2D eigenvalue weighted by Crippen LogP contribution is 2.46. The molecule has 6 rings (SSSR count). The lowest BCUT2D eigenvalue weighted by Gasteiger charge is -2.41. The quantitative estimate of drug-likeness (QED) is 0.541. The van der Waals surface area contributed by atoms with Gasteiger partial charge in [0.05, 0.1) is 18.9 Å². The van der Waals surface area contributed by atoms with Crippen molar-refractivity contribution < 1.29 is 8.95 Å². The average molecular weight is 481 g/mol. The van der Waals surface area contributed by atoms with Gasteiger partial charge in [0, 0.05) is 30.7 Å². The average Bonchev–Trinajstić information content (AvgIpc) is 3.40. The molecule has 2 aromatic heterocycles. The van der Waals surface area contributed by atoms with Crippen LogP contribution in [0.25, 0.3) is 11.2 Å². The fourth-order valence-electron chi connectivity index (χ4n) is 5.96. The fourth-order valence-corrected chi connectivity index (χ4v) is 6.59. The minimum absolute atomic E-state index is 0.290. The Kier molecular flexibility index (Phi) is 5.25. The van der Waals surface area contributed by atoms with E-state index >= 15 is 0 Å². The molecule has 3 aliphatic heterocycles. The Labute approximate surface area is 200 Å². The highest BCUT2D eigenvalue weighted by Gasteiger charge is 2.47. The van der Waals surface area contributed by atoms with Gasteiger partial charge in [0.2, 0.25) is 0 Å². The van der Waals surface area contributed by atoms with Crippen LogP contribution in [-0.4, -0.2) is 52.5 Å². The van der Waals surface area contributed by atoms with E-state index in [9.17, 15) is 4.21 Å². The highest BCUT2D eigenvalue weighted by molar-refractivity contribution is 7.73. The summed E-state index contributed by atoms with van der Waals surface area (Å²) in [6, 6.07) is 5.64. The summed E-state index contributed by atoms with van der Waals surface area (Å²) in [6.07, 6.45) is 6.12. The molecule has 0 saturated carbocycles. The molecule has 3 aliphatic rings. The van der Waals surface area contributed by atoms with Gasteiger partial charge in [-0.3, -0.25) is 5.10 Å². The maximum absolute atomic E-state index is 11.9. The molecule has 10 heteroatoms. The van der Waals surface area contributed by atoms with E-state index in [0.717, 1.165) is 80.3 Å². The maximum atomic E-state index is 11.9. The summed E-state index contributed by atoms with van der Waals surface area (Å²) < 4.78 is 25.6. The molecular formula is C24H30N7O2S-. The minimum atomic E-state index is -1.77. The molecule has 2 fully saturated rings. The first-order valence-electron chi connectivity index (χ1n) is 12.1. The largest absolute Gasteiger partial charge is 0.440 e. The molecule has 0 radical (unpaired) electrons. The van der Waals surface area contributed by atoms with Gasteiger partial charge in [-0.15, -0.1) is 0 Å². The molecular weight excluding hydrogens is 450 g/mol. The normalized spacial score (nSPS) is 24.3. The topological polar surface area (TPSA) is 111 Å². The first-order valence-corrected chi connectivity index (χ1v) is 13.2. The molecule has 9 nitrogen and oxygen atoms in total. The van der Waals surface area contributed by atoms with Crippen molar-refractivity contribution in [2.75, 3.05) is 36.0 Å². The third-order valence-electron chi connectivity index (χ3n) is 8.29. The van der Waals surface area contributed by atoms with Gasteiger partial charge in [0.15, 0.2) is 17.0 Å². The Bertz CT molecular complexity index is 1300. The monoisotopic (exact) mass is 480 g/mol. The molecule has 0 bridgehead atoms. The molecule has 2 saturated heterocycles. The van der Waals surface area contributed by atoms with Crippen molar-refractivity contribution in [2.24, 2.45) is 11.3 Å². The van der Waals surface area contributed by atoms with E-state index in [-0.39, 0.29) is 5.41 Å². The number of aromatic amines is 1. The van der Waals surface area contributed by atoms with Crippen molar-refractivity contribution in [1.82, 2.24) is 20.2 Å². The lowest BCUT2D eigenvalue weighted by molar-refractivity contribution is 0.0969. The summed E-state index contributed by atoms with van der Waals surface area (Å²) in [6.45, 7) is 8.08. The number of nitrogens with zero attached hydrogens (tertiary/aromatic N) is 5. The van der Waals surface area contributed by atoms with E-state index in [0.29, 0.717) is 22.6 Å². The number of nitrogens with one attached hydrogen (secondary N) is 2. The zero-order chi connectivity index (χ0) is 23.4. The molecule has 0 aliphatic carbocycles. The van der Waals surface area contributed by atoms with Gasteiger partial charge < -0.3 is 23.5 Å². The first kappa shape index (κ1) is 21.8. The molecule has 5 heterocycles. The summed E-state index contributed by atoms with van der Waals surface area (Å²) in [5.41, 5.74) is 3.61. The molecule has 0 unspecified atom stereocenters. The summed E-state index contributed by atoms with van der Waals surface area (Å²) in [7, 11) is -1.77. The molecule has 2 N–H and O–H groups in total. The Morgan fingerprint density at radius 2 is 2.06 bits per heavy atom. The molecule has 3 aromatic rings. The zero-order valence-corrected chi connectivity index (χ0v) is 20.4. The summed E-state index contributed by atoms with van der Waals surface area (Å²) in [5, 5.41) is 7.66. The third kappa shape index (κ3) is 3.38. The van der Waals surface area contributed by atoms with Crippen LogP contribution in [-0.2, 0) is 26.0 Å². The van der Waals surface area contributed by atoms with Crippen LogP contribution in [0.15, 0.2) is 29.3 Å². The number of hydrogen-bond acceptors (Lipinski definition) is 9. The number of H-pyrrole nitrogens is 1. The van der Waals surface area contributed by atoms with Gasteiger partial charge in [-0.25, -0.2) is 9.97 Å². The fraction of sp³-hybridized carbons (Fsp3) is 0.542. The van der Waals surface area contributed by atoms with Crippen LogP contribution in [0.5, 0.6) is 0 Å². The van der Waals surface area contributed by atoms with E-state index in [4.69, 9.17) is 19.5 Å². The maximum Gasteiger partial charge on any atom is 0.183 e. The van der Waals surface area contributed by atoms with Crippen LogP contribution < -0.4 is 9.80 Å². The van der Waals surface area contributed by atoms with Crippen molar-refractivity contribution in [2.45, 2.75) is 50.5 Å². The van der Waals surface area contributed by atoms with Gasteiger partial charge in [-0.1, -0.05) is 24.0 Å². The molecule has 1 spiro atoms. The molecule has 180 valence electrons. The van der Waals surface area contributed by atoms with Crippen molar-refractivity contribution in [3.05, 3.63) is 30.0 Å². The standard InChI is InChI=1S/C24H30N7O2S/c1-15-16(2)33-14-24(15)8-11-30(12-9-24)20-13-26-21-22(27-20)28-29-23(21)31-10-4-5-17-18(31)6-3-7-19(17)34(25)32/h3,6-7,13,15-16,25H,4-5,8-12,14H2,1-2H3,(H,27,28,29)/q-1/t15-,16+/m1/s1. The number of aromatic nitrogens is 4. The van der Waals surface area contributed by atoms with E-state index in [1.165, 1.54) is 0 Å². The van der Waals surface area contributed by atoms with Gasteiger partial charge in [0.25, 0.3) is 0 Å². The van der Waals surface area contributed by atoms with Crippen LogP contribution >= 0.6 is 0 Å². The van der Waals surface area contributed by atoms with E-state index in [1.807, 2.05) is 18.3 Å². The van der Waals surface area contributed by atoms with Crippen molar-refractivity contribution >= 4 is 39.1 Å². The lowest BCUT2D eigenvalue weighted by Crippen LogP contribution is -2.44. The van der Waals surface area contributed by atoms with Gasteiger partial charge in [-0.2, -0.15) is 15.7 Å². The van der Waals surface area contributed by atoms with Crippen LogP contribution in [0.1, 0.15) is 38.7 Å². The smallest absolute Gasteiger partial charge is 0.183 e. The Hall–Kier alpha value is -2.72. The summed E-state index contributed by atoms with van der Waals surface area (Å²) in [5.74, 6) is 2.19. The van der Waals surface area contributed by atoms with Crippen molar-refractivity contribution in [3.63, 3.8) is 0 Å². The zero-order valence-electron chi connectivity index (χ0n) is 19.6. The number of anilines is 3. The van der Waals surface area contributed by atoms with Gasteiger partial charge in [-0.05, 0) is 50.2 Å². The van der Waals surface area contributed by atoms with Crippen LogP contribution in [0, 0.1) is 16.1 Å². The Morgan fingerprint density at radius 3 is 2.79 bits per heavy atom. The first-order chi connectivity index (χ1) is 16.5. The molecule has 34 heavy (non-hydrogen) atoms. The predicted octanol–water partition coefficient (Wildman–Crippen LogP) is 4.16. The van der Waals surface area contributed by atoms with Crippen molar-refractivity contribution in [1.29, 1.82) is 4.78 Å². The predicted molar refractivity (Wildman–Crippen MR) is 131 cm³/mol. The Balaban J connectivity index is 1.27. The number of ether oxygens (including phenoxy) is 1. The number of piperidine rings is 1. The SMILES string of the molecule is C[C@@H]1OCC2(CCN(c3cnc4c(N5CCCc6c5cccc6[S-](=N)=O)n[nH]c4n3)CC2)[C@@H]1C. The van der Waals surface area contributed by atoms with E-state index in [1.54, 1.807) is 6.07 Å². The lowest BCUT2D eigenvalue weighted by atomic mass is 9.70. The minimum Gasteiger partial charge on any atom is -0.440 e. The second-order valence-corrected chi connectivity index (χ2v) is 10.9. The number of fused-ring (bicyclic) bond motifs is 2. The number of hydrogen-bond donors (Lipinski definition) is 2. The van der Waals surface area contributed by atoms with Crippen molar-refractivity contribution in [3.8, 4) is 0 Å². The van der Waals surface area contributed by atoms with Crippen LogP contribution in [0.2, 0.25) is 0 Å². The van der Waals surface area contributed by atoms with Crippen LogP contribution in [0.4, 0.5) is 17.3 Å². The van der Waals surface area contributed by atoms with E-state index in [2.05, 4.69) is 33.8 Å². The second-order valence-electron chi connectivity index (χ2n) is 9.90. The van der Waals surface area contributed by atoms with Crippen LogP contribution in [0.3, 0.4) is 0 Å². The summed E-state index contributed by atoms with van der Waals surface area (Å²) in [4.78, 5) is 14.7. The number of rotatable bonds is 3. The molecule has 0 amide bonds. The van der Waals surface area contributed by atoms with Gasteiger partial charge in [0.1, 0.15) is 5.82 Å². The summed E-state index contributed by atoms with van der Waals surface area (Å²) >= 11 is 0. The van der Waals surface area contributed by atoms with E-state index < -0.39 is 10.6 Å². The highest BCUT2D eigenvalue weighted by atomic mass is 32.2. The molecule has 1 aromatic carbocycles. The Morgan fingerprint density at radius 1 is 1.24 bits per heavy atom. The third-order valence-corrected chi connectivity index (χ3v) is 9.07.